The molecular formula is C12H10F3N. The van der Waals surface area contributed by atoms with Crippen LogP contribution < -0.4 is 0 Å². The number of benzene rings is 1. The number of rotatable bonds is 1. The fraction of sp³-hybridized carbons (Fsp3) is 0.250. The summed E-state index contributed by atoms with van der Waals surface area (Å²) in [6.45, 7) is 1.87. The van der Waals surface area contributed by atoms with Crippen molar-refractivity contribution >= 4 is 10.9 Å². The lowest BCUT2D eigenvalue weighted by Gasteiger charge is -2.10. The van der Waals surface area contributed by atoms with Gasteiger partial charge in [-0.25, -0.2) is 0 Å². The largest absolute Gasteiger partial charge is 0.418 e. The number of aromatic nitrogens is 1. The topological polar surface area (TPSA) is 12.9 Å². The van der Waals surface area contributed by atoms with E-state index in [0.29, 0.717) is 17.5 Å². The van der Waals surface area contributed by atoms with Crippen molar-refractivity contribution in [3.63, 3.8) is 0 Å². The van der Waals surface area contributed by atoms with Gasteiger partial charge in [0.25, 0.3) is 0 Å². The Labute approximate surface area is 90.9 Å². The van der Waals surface area contributed by atoms with Gasteiger partial charge in [0, 0.05) is 11.1 Å². The van der Waals surface area contributed by atoms with Gasteiger partial charge in [-0.2, -0.15) is 13.2 Å². The first-order valence-electron chi connectivity index (χ1n) is 4.98. The lowest BCUT2D eigenvalue weighted by atomic mass is 10.1. The first-order chi connectivity index (χ1) is 7.52. The third-order valence-corrected chi connectivity index (χ3v) is 2.45. The number of nitrogens with zero attached hydrogens (tertiary/aromatic N) is 1. The van der Waals surface area contributed by atoms with Crippen molar-refractivity contribution in [3.05, 3.63) is 41.6 Å². The molecule has 0 fully saturated rings. The number of fused-ring (bicyclic) bond motifs is 1. The van der Waals surface area contributed by atoms with E-state index in [1.807, 2.05) is 6.92 Å². The molecule has 0 saturated heterocycles. The van der Waals surface area contributed by atoms with Crippen LogP contribution >= 0.6 is 0 Å². The highest BCUT2D eigenvalue weighted by molar-refractivity contribution is 5.82. The molecule has 4 heteroatoms. The summed E-state index contributed by atoms with van der Waals surface area (Å²) in [5, 5.41) is 0.520. The minimum absolute atomic E-state index is 0.0364. The highest BCUT2D eigenvalue weighted by Crippen LogP contribution is 2.33. The second-order valence-electron chi connectivity index (χ2n) is 3.53. The zero-order valence-electron chi connectivity index (χ0n) is 8.67. The average Bonchev–Trinajstić information content (AvgIpc) is 2.26. The predicted octanol–water partition coefficient (Wildman–Crippen LogP) is 3.82. The van der Waals surface area contributed by atoms with Crippen LogP contribution in [0.15, 0.2) is 30.3 Å². The second-order valence-corrected chi connectivity index (χ2v) is 3.53. The molecule has 84 valence electrons. The monoisotopic (exact) mass is 225 g/mol. The number of pyridine rings is 1. The third-order valence-electron chi connectivity index (χ3n) is 2.45. The van der Waals surface area contributed by atoms with Gasteiger partial charge in [-0.1, -0.05) is 25.1 Å². The molecule has 1 nitrogen and oxygen atoms in total. The molecule has 1 aromatic carbocycles. The van der Waals surface area contributed by atoms with Crippen LogP contribution in [-0.2, 0) is 12.6 Å². The van der Waals surface area contributed by atoms with Crippen LogP contribution in [0.2, 0.25) is 0 Å². The molecule has 0 saturated carbocycles. The van der Waals surface area contributed by atoms with Crippen LogP contribution in [0.4, 0.5) is 13.2 Å². The highest BCUT2D eigenvalue weighted by atomic mass is 19.4. The second kappa shape index (κ2) is 3.77. The maximum absolute atomic E-state index is 12.7. The van der Waals surface area contributed by atoms with Gasteiger partial charge in [0.05, 0.1) is 11.1 Å². The summed E-state index contributed by atoms with van der Waals surface area (Å²) in [6.07, 6.45) is -3.72. The van der Waals surface area contributed by atoms with Gasteiger partial charge in [0.2, 0.25) is 0 Å². The molecule has 0 N–H and O–H groups in total. The Morgan fingerprint density at radius 1 is 1.12 bits per heavy atom. The number of halogens is 3. The van der Waals surface area contributed by atoms with Gasteiger partial charge >= 0.3 is 6.18 Å². The van der Waals surface area contributed by atoms with Crippen molar-refractivity contribution < 1.29 is 13.2 Å². The average molecular weight is 225 g/mol. The molecule has 2 rings (SSSR count). The summed E-state index contributed by atoms with van der Waals surface area (Å²) in [7, 11) is 0. The van der Waals surface area contributed by atoms with Crippen molar-refractivity contribution in [1.82, 2.24) is 4.98 Å². The standard InChI is InChI=1S/C12H10F3N/c1-2-9-7-6-8-4-3-5-10(11(8)16-9)12(13,14)15/h3-7H,2H2,1H3. The Morgan fingerprint density at radius 3 is 2.50 bits per heavy atom. The number of hydrogen-bond donors (Lipinski definition) is 0. The summed E-state index contributed by atoms with van der Waals surface area (Å²) in [5.41, 5.74) is 0.0406. The third kappa shape index (κ3) is 1.87. The Hall–Kier alpha value is -1.58. The SMILES string of the molecule is CCc1ccc2cccc(C(F)(F)F)c2n1. The molecule has 0 aliphatic carbocycles. The quantitative estimate of drug-likeness (QED) is 0.719. The Bertz CT molecular complexity index is 517. The molecule has 16 heavy (non-hydrogen) atoms. The molecule has 2 aromatic rings. The first kappa shape index (κ1) is 10.9. The first-order valence-corrected chi connectivity index (χ1v) is 4.98. The number of alkyl halides is 3. The molecule has 1 heterocycles. The normalized spacial score (nSPS) is 12.0. The fourth-order valence-corrected chi connectivity index (χ4v) is 1.61. The number of hydrogen-bond acceptors (Lipinski definition) is 1. The van der Waals surface area contributed by atoms with Gasteiger partial charge in [-0.15, -0.1) is 0 Å². The summed E-state index contributed by atoms with van der Waals surface area (Å²) in [5.74, 6) is 0. The highest BCUT2D eigenvalue weighted by Gasteiger charge is 2.32. The van der Waals surface area contributed by atoms with E-state index >= 15 is 0 Å². The van der Waals surface area contributed by atoms with Crippen molar-refractivity contribution in [2.45, 2.75) is 19.5 Å². The summed E-state index contributed by atoms with van der Waals surface area (Å²) < 4.78 is 38.1. The lowest BCUT2D eigenvalue weighted by Crippen LogP contribution is -2.06. The Morgan fingerprint density at radius 2 is 1.88 bits per heavy atom. The van der Waals surface area contributed by atoms with Gasteiger partial charge in [0.1, 0.15) is 0 Å². The Balaban J connectivity index is 2.74. The van der Waals surface area contributed by atoms with Crippen molar-refractivity contribution in [3.8, 4) is 0 Å². The van der Waals surface area contributed by atoms with Crippen molar-refractivity contribution in [1.29, 1.82) is 0 Å². The van der Waals surface area contributed by atoms with E-state index in [9.17, 15) is 13.2 Å². The van der Waals surface area contributed by atoms with Crippen LogP contribution in [-0.4, -0.2) is 4.98 Å². The van der Waals surface area contributed by atoms with Gasteiger partial charge in [-0.3, -0.25) is 4.98 Å². The molecule has 1 aromatic heterocycles. The van der Waals surface area contributed by atoms with Crippen LogP contribution in [0.1, 0.15) is 18.2 Å². The summed E-state index contributed by atoms with van der Waals surface area (Å²) in [4.78, 5) is 4.04. The fourth-order valence-electron chi connectivity index (χ4n) is 1.61. The molecule has 0 spiro atoms. The zero-order chi connectivity index (χ0) is 11.8. The van der Waals surface area contributed by atoms with Crippen LogP contribution in [0.5, 0.6) is 0 Å². The number of para-hydroxylation sites is 1. The minimum Gasteiger partial charge on any atom is -0.252 e. The molecule has 0 bridgehead atoms. The summed E-state index contributed by atoms with van der Waals surface area (Å²) >= 11 is 0. The van der Waals surface area contributed by atoms with E-state index in [1.54, 1.807) is 18.2 Å². The van der Waals surface area contributed by atoms with Crippen molar-refractivity contribution in [2.75, 3.05) is 0 Å². The van der Waals surface area contributed by atoms with Crippen LogP contribution in [0.25, 0.3) is 10.9 Å². The van der Waals surface area contributed by atoms with E-state index in [2.05, 4.69) is 4.98 Å². The molecule has 0 radical (unpaired) electrons. The van der Waals surface area contributed by atoms with E-state index in [1.165, 1.54) is 6.07 Å². The molecule has 0 amide bonds. The van der Waals surface area contributed by atoms with Gasteiger partial charge < -0.3 is 0 Å². The molecule has 0 unspecified atom stereocenters. The van der Waals surface area contributed by atoms with E-state index in [4.69, 9.17) is 0 Å². The van der Waals surface area contributed by atoms with E-state index < -0.39 is 11.7 Å². The molecule has 0 atom stereocenters. The smallest absolute Gasteiger partial charge is 0.252 e. The van der Waals surface area contributed by atoms with Crippen molar-refractivity contribution in [2.24, 2.45) is 0 Å². The lowest BCUT2D eigenvalue weighted by molar-refractivity contribution is -0.136. The maximum atomic E-state index is 12.7. The molecule has 0 aliphatic heterocycles. The van der Waals surface area contributed by atoms with Gasteiger partial charge in [-0.05, 0) is 18.6 Å². The molecule has 0 aliphatic rings. The van der Waals surface area contributed by atoms with E-state index in [0.717, 1.165) is 6.07 Å². The van der Waals surface area contributed by atoms with E-state index in [-0.39, 0.29) is 5.52 Å². The van der Waals surface area contributed by atoms with Gasteiger partial charge in [0.15, 0.2) is 0 Å². The molecular weight excluding hydrogens is 215 g/mol. The van der Waals surface area contributed by atoms with Crippen LogP contribution in [0, 0.1) is 0 Å². The minimum atomic E-state index is -4.35. The zero-order valence-corrected chi connectivity index (χ0v) is 8.67. The van der Waals surface area contributed by atoms with Crippen LogP contribution in [0.3, 0.4) is 0 Å². The predicted molar refractivity (Wildman–Crippen MR) is 56.1 cm³/mol. The summed E-state index contributed by atoms with van der Waals surface area (Å²) in [6, 6.07) is 7.53. The Kier molecular flexibility index (Phi) is 2.58. The maximum Gasteiger partial charge on any atom is 0.418 e. The number of aryl methyl sites for hydroxylation is 1.